The number of carboxylic acid groups (broad SMARTS) is 1. The van der Waals surface area contributed by atoms with Gasteiger partial charge in [-0.1, -0.05) is 48.0 Å². The summed E-state index contributed by atoms with van der Waals surface area (Å²) in [6, 6.07) is 14.0. The van der Waals surface area contributed by atoms with E-state index in [0.29, 0.717) is 17.4 Å². The first-order valence-electron chi connectivity index (χ1n) is 6.50. The van der Waals surface area contributed by atoms with Gasteiger partial charge in [0.1, 0.15) is 18.4 Å². The molecule has 2 aromatic carbocycles. The Morgan fingerprint density at radius 2 is 1.90 bits per heavy atom. The number of benzene rings is 2. The predicted molar refractivity (Wildman–Crippen MR) is 81.5 cm³/mol. The van der Waals surface area contributed by atoms with E-state index in [1.54, 1.807) is 18.2 Å². The zero-order valence-corrected chi connectivity index (χ0v) is 12.1. The highest BCUT2D eigenvalue weighted by molar-refractivity contribution is 6.32. The van der Waals surface area contributed by atoms with Crippen LogP contribution in [0.1, 0.15) is 11.1 Å². The van der Waals surface area contributed by atoms with Crippen LogP contribution in [-0.2, 0) is 17.8 Å². The Kier molecular flexibility index (Phi) is 5.20. The molecule has 0 aliphatic carbocycles. The molecule has 0 spiro atoms. The average molecular weight is 306 g/mol. The lowest BCUT2D eigenvalue weighted by Crippen LogP contribution is -2.32. The maximum absolute atomic E-state index is 10.7. The van der Waals surface area contributed by atoms with Gasteiger partial charge >= 0.3 is 5.97 Å². The number of hydrogen-bond acceptors (Lipinski definition) is 3. The summed E-state index contributed by atoms with van der Waals surface area (Å²) >= 11 is 6.15. The van der Waals surface area contributed by atoms with Crippen molar-refractivity contribution in [2.45, 2.75) is 19.1 Å². The predicted octanol–water partition coefficient (Wildman–Crippen LogP) is 2.87. The minimum absolute atomic E-state index is 0.230. The van der Waals surface area contributed by atoms with Crippen molar-refractivity contribution in [3.63, 3.8) is 0 Å². The van der Waals surface area contributed by atoms with Gasteiger partial charge < -0.3 is 15.6 Å². The Hall–Kier alpha value is -2.04. The highest BCUT2D eigenvalue weighted by Gasteiger charge is 2.13. The van der Waals surface area contributed by atoms with Crippen LogP contribution in [-0.4, -0.2) is 17.1 Å². The molecule has 5 heteroatoms. The van der Waals surface area contributed by atoms with Gasteiger partial charge in [0.25, 0.3) is 0 Å². The third-order valence-corrected chi connectivity index (χ3v) is 3.30. The number of ether oxygens (including phenoxy) is 1. The number of hydrogen-bond donors (Lipinski definition) is 2. The van der Waals surface area contributed by atoms with Crippen molar-refractivity contribution in [1.82, 2.24) is 0 Å². The van der Waals surface area contributed by atoms with E-state index in [1.165, 1.54) is 0 Å². The van der Waals surface area contributed by atoms with Crippen LogP contribution in [0.2, 0.25) is 5.02 Å². The summed E-state index contributed by atoms with van der Waals surface area (Å²) in [5.41, 5.74) is 7.31. The Morgan fingerprint density at radius 1 is 1.19 bits per heavy atom. The summed E-state index contributed by atoms with van der Waals surface area (Å²) in [6.45, 7) is 0.425. The minimum Gasteiger partial charge on any atom is -0.487 e. The molecule has 0 aliphatic rings. The molecule has 0 amide bonds. The molecule has 1 atom stereocenters. The minimum atomic E-state index is -1.03. The molecular weight excluding hydrogens is 290 g/mol. The summed E-state index contributed by atoms with van der Waals surface area (Å²) in [5, 5.41) is 9.24. The number of carboxylic acids is 1. The Balaban J connectivity index is 2.00. The molecule has 0 aromatic heterocycles. The first-order chi connectivity index (χ1) is 10.1. The first-order valence-corrected chi connectivity index (χ1v) is 6.87. The maximum Gasteiger partial charge on any atom is 0.320 e. The lowest BCUT2D eigenvalue weighted by molar-refractivity contribution is -0.138. The average Bonchev–Trinajstić information content (AvgIpc) is 2.47. The second-order valence-electron chi connectivity index (χ2n) is 4.69. The summed E-state index contributed by atoms with van der Waals surface area (Å²) in [7, 11) is 0. The standard InChI is InChI=1S/C16H16ClNO3/c17-13-8-12(9-14(18)16(19)20)6-7-15(13)21-10-11-4-2-1-3-5-11/h1-8,14H,9-10,18H2,(H,19,20)/t14-/m0/s1. The molecule has 21 heavy (non-hydrogen) atoms. The van der Waals surface area contributed by atoms with Crippen molar-refractivity contribution in [3.8, 4) is 5.75 Å². The van der Waals surface area contributed by atoms with E-state index in [4.69, 9.17) is 27.2 Å². The normalized spacial score (nSPS) is 11.9. The van der Waals surface area contributed by atoms with Crippen molar-refractivity contribution in [2.24, 2.45) is 5.73 Å². The maximum atomic E-state index is 10.7. The van der Waals surface area contributed by atoms with Gasteiger partial charge in [0.2, 0.25) is 0 Å². The highest BCUT2D eigenvalue weighted by atomic mass is 35.5. The monoisotopic (exact) mass is 305 g/mol. The Bertz CT molecular complexity index is 616. The smallest absolute Gasteiger partial charge is 0.320 e. The van der Waals surface area contributed by atoms with Gasteiger partial charge in [-0.2, -0.15) is 0 Å². The van der Waals surface area contributed by atoms with E-state index in [2.05, 4.69) is 0 Å². The van der Waals surface area contributed by atoms with E-state index >= 15 is 0 Å². The number of halogens is 1. The number of nitrogens with two attached hydrogens (primary N) is 1. The highest BCUT2D eigenvalue weighted by Crippen LogP contribution is 2.26. The molecule has 3 N–H and O–H groups in total. The zero-order chi connectivity index (χ0) is 15.2. The number of aliphatic carboxylic acids is 1. The van der Waals surface area contributed by atoms with Crippen molar-refractivity contribution in [2.75, 3.05) is 0 Å². The van der Waals surface area contributed by atoms with Gasteiger partial charge in [0, 0.05) is 0 Å². The molecule has 0 unspecified atom stereocenters. The summed E-state index contributed by atoms with van der Waals surface area (Å²) < 4.78 is 5.65. The van der Waals surface area contributed by atoms with Crippen molar-refractivity contribution < 1.29 is 14.6 Å². The van der Waals surface area contributed by atoms with Crippen LogP contribution in [0.4, 0.5) is 0 Å². The van der Waals surface area contributed by atoms with Gasteiger partial charge in [0.05, 0.1) is 5.02 Å². The van der Waals surface area contributed by atoms with Crippen LogP contribution in [0, 0.1) is 0 Å². The molecular formula is C16H16ClNO3. The molecule has 0 saturated heterocycles. The third-order valence-electron chi connectivity index (χ3n) is 3.01. The Labute approximate surface area is 128 Å². The molecule has 110 valence electrons. The summed E-state index contributed by atoms with van der Waals surface area (Å²) in [6.07, 6.45) is 0.230. The van der Waals surface area contributed by atoms with Crippen LogP contribution in [0.15, 0.2) is 48.5 Å². The SMILES string of the molecule is N[C@@H](Cc1ccc(OCc2ccccc2)c(Cl)c1)C(=O)O. The molecule has 0 bridgehead atoms. The van der Waals surface area contributed by atoms with Gasteiger partial charge in [-0.25, -0.2) is 0 Å². The Morgan fingerprint density at radius 3 is 2.52 bits per heavy atom. The topological polar surface area (TPSA) is 72.5 Å². The van der Waals surface area contributed by atoms with Crippen LogP contribution in [0.5, 0.6) is 5.75 Å². The fourth-order valence-corrected chi connectivity index (χ4v) is 2.12. The number of rotatable bonds is 6. The third kappa shape index (κ3) is 4.48. The van der Waals surface area contributed by atoms with Gasteiger partial charge in [0.15, 0.2) is 0 Å². The molecule has 2 rings (SSSR count). The van der Waals surface area contributed by atoms with Crippen LogP contribution in [0.25, 0.3) is 0 Å². The van der Waals surface area contributed by atoms with Crippen molar-refractivity contribution in [1.29, 1.82) is 0 Å². The van der Waals surface area contributed by atoms with Crippen LogP contribution in [0.3, 0.4) is 0 Å². The van der Waals surface area contributed by atoms with E-state index in [1.807, 2.05) is 30.3 Å². The van der Waals surface area contributed by atoms with Crippen molar-refractivity contribution >= 4 is 17.6 Å². The van der Waals surface area contributed by atoms with Gasteiger partial charge in [-0.05, 0) is 29.7 Å². The van der Waals surface area contributed by atoms with Crippen LogP contribution < -0.4 is 10.5 Å². The zero-order valence-electron chi connectivity index (χ0n) is 11.3. The fourth-order valence-electron chi connectivity index (χ4n) is 1.86. The molecule has 2 aromatic rings. The molecule has 0 fully saturated rings. The largest absolute Gasteiger partial charge is 0.487 e. The molecule has 0 radical (unpaired) electrons. The summed E-state index contributed by atoms with van der Waals surface area (Å²) in [4.78, 5) is 10.7. The second kappa shape index (κ2) is 7.11. The molecule has 0 aliphatic heterocycles. The molecule has 4 nitrogen and oxygen atoms in total. The van der Waals surface area contributed by atoms with E-state index in [9.17, 15) is 4.79 Å². The van der Waals surface area contributed by atoms with E-state index in [-0.39, 0.29) is 6.42 Å². The van der Waals surface area contributed by atoms with Crippen LogP contribution >= 0.6 is 11.6 Å². The second-order valence-corrected chi connectivity index (χ2v) is 5.10. The quantitative estimate of drug-likeness (QED) is 0.860. The summed E-state index contributed by atoms with van der Waals surface area (Å²) in [5.74, 6) is -0.469. The molecule has 0 heterocycles. The van der Waals surface area contributed by atoms with E-state index in [0.717, 1.165) is 11.1 Å². The fraction of sp³-hybridized carbons (Fsp3) is 0.188. The first kappa shape index (κ1) is 15.4. The van der Waals surface area contributed by atoms with Gasteiger partial charge in [-0.3, -0.25) is 4.79 Å². The number of carbonyl (C=O) groups is 1. The van der Waals surface area contributed by atoms with Gasteiger partial charge in [-0.15, -0.1) is 0 Å². The lowest BCUT2D eigenvalue weighted by Gasteiger charge is -2.11. The van der Waals surface area contributed by atoms with E-state index < -0.39 is 12.0 Å². The van der Waals surface area contributed by atoms with Crippen molar-refractivity contribution in [3.05, 3.63) is 64.7 Å². The molecule has 0 saturated carbocycles. The lowest BCUT2D eigenvalue weighted by atomic mass is 10.1.